The number of nitrogens with zero attached hydrogens (tertiary/aromatic N) is 1. The van der Waals surface area contributed by atoms with Gasteiger partial charge in [0.15, 0.2) is 0 Å². The zero-order chi connectivity index (χ0) is 16.6. The monoisotopic (exact) mass is 355 g/mol. The Morgan fingerprint density at radius 2 is 1.83 bits per heavy atom. The third-order valence-electron chi connectivity index (χ3n) is 3.64. The van der Waals surface area contributed by atoms with Crippen molar-refractivity contribution in [1.82, 2.24) is 4.98 Å². The van der Waals surface area contributed by atoms with E-state index in [0.29, 0.717) is 5.52 Å². The first kappa shape index (κ1) is 15.1. The van der Waals surface area contributed by atoms with Crippen LogP contribution in [0.2, 0.25) is 0 Å². The lowest BCUT2D eigenvalue weighted by atomic mass is 10.2. The molecule has 0 amide bonds. The van der Waals surface area contributed by atoms with Gasteiger partial charge in [0.25, 0.3) is 0 Å². The molecule has 120 valence electrons. The minimum absolute atomic E-state index is 0.0430. The van der Waals surface area contributed by atoms with Crippen LogP contribution in [0.25, 0.3) is 21.5 Å². The fraction of sp³-hybridized carbons (Fsp3) is 0.0556. The summed E-state index contributed by atoms with van der Waals surface area (Å²) in [5.74, 6) is 0.706. The molecule has 0 aliphatic carbocycles. The molecule has 2 aromatic heterocycles. The number of furan rings is 1. The summed E-state index contributed by atoms with van der Waals surface area (Å²) in [4.78, 5) is 4.30. The first-order chi connectivity index (χ1) is 11.6. The normalized spacial score (nSPS) is 11.8. The van der Waals surface area contributed by atoms with Gasteiger partial charge in [0.2, 0.25) is 14.2 Å². The number of benzene rings is 2. The molecular formula is C18H13NO3S2. The van der Waals surface area contributed by atoms with E-state index in [1.54, 1.807) is 18.4 Å². The third kappa shape index (κ3) is 2.86. The Hall–Kier alpha value is -2.44. The zero-order valence-electron chi connectivity index (χ0n) is 12.5. The zero-order valence-corrected chi connectivity index (χ0v) is 14.2. The Morgan fingerprint density at radius 1 is 1.00 bits per heavy atom. The molecule has 4 nitrogen and oxygen atoms in total. The standard InChI is InChI=1S/C18H13NO3S2/c20-24(21,12-13-5-2-1-3-6-13)18-19-15-9-8-14(11-17(15)23-18)16-7-4-10-22-16/h1-11H,12H2. The Morgan fingerprint density at radius 3 is 2.58 bits per heavy atom. The van der Waals surface area contributed by atoms with Crippen molar-refractivity contribution >= 4 is 31.4 Å². The molecule has 0 bridgehead atoms. The predicted octanol–water partition coefficient (Wildman–Crippen LogP) is 4.53. The van der Waals surface area contributed by atoms with Gasteiger partial charge in [-0.15, -0.1) is 11.3 Å². The Kier molecular flexibility index (Phi) is 3.70. The van der Waals surface area contributed by atoms with E-state index in [1.165, 1.54) is 11.3 Å². The average Bonchev–Trinajstić information content (AvgIpc) is 3.24. The van der Waals surface area contributed by atoms with Gasteiger partial charge in [0.05, 0.1) is 22.2 Å². The van der Waals surface area contributed by atoms with Gasteiger partial charge in [-0.3, -0.25) is 0 Å². The van der Waals surface area contributed by atoms with Crippen molar-refractivity contribution in [1.29, 1.82) is 0 Å². The SMILES string of the molecule is O=S(=O)(Cc1ccccc1)c1nc2ccc(-c3ccco3)cc2s1. The van der Waals surface area contributed by atoms with E-state index >= 15 is 0 Å². The lowest BCUT2D eigenvalue weighted by molar-refractivity contribution is 0.582. The number of rotatable bonds is 4. The summed E-state index contributed by atoms with van der Waals surface area (Å²) in [7, 11) is -3.46. The van der Waals surface area contributed by atoms with Gasteiger partial charge >= 0.3 is 0 Å². The van der Waals surface area contributed by atoms with Gasteiger partial charge in [0, 0.05) is 5.56 Å². The highest BCUT2D eigenvalue weighted by Crippen LogP contribution is 2.31. The molecule has 0 radical (unpaired) electrons. The molecule has 2 heterocycles. The lowest BCUT2D eigenvalue weighted by Crippen LogP contribution is -2.04. The summed E-state index contributed by atoms with van der Waals surface area (Å²) >= 11 is 1.19. The van der Waals surface area contributed by atoms with Gasteiger partial charge in [-0.2, -0.15) is 0 Å². The number of hydrogen-bond donors (Lipinski definition) is 0. The summed E-state index contributed by atoms with van der Waals surface area (Å²) in [6.07, 6.45) is 1.61. The van der Waals surface area contributed by atoms with Crippen LogP contribution in [-0.4, -0.2) is 13.4 Å². The molecule has 4 aromatic rings. The fourth-order valence-electron chi connectivity index (χ4n) is 2.49. The predicted molar refractivity (Wildman–Crippen MR) is 94.7 cm³/mol. The molecule has 0 fully saturated rings. The first-order valence-corrected chi connectivity index (χ1v) is 9.80. The highest BCUT2D eigenvalue weighted by molar-refractivity contribution is 7.92. The number of hydrogen-bond acceptors (Lipinski definition) is 5. The summed E-state index contributed by atoms with van der Waals surface area (Å²) in [5.41, 5.74) is 2.35. The van der Waals surface area contributed by atoms with Crippen molar-refractivity contribution in [2.24, 2.45) is 0 Å². The minimum Gasteiger partial charge on any atom is -0.464 e. The van der Waals surface area contributed by atoms with Crippen molar-refractivity contribution < 1.29 is 12.8 Å². The second-order valence-corrected chi connectivity index (χ2v) is 8.58. The Bertz CT molecular complexity index is 1080. The molecule has 0 aliphatic rings. The van der Waals surface area contributed by atoms with Gasteiger partial charge < -0.3 is 4.42 Å². The highest BCUT2D eigenvalue weighted by atomic mass is 32.2. The van der Waals surface area contributed by atoms with Gasteiger partial charge in [-0.25, -0.2) is 13.4 Å². The molecular weight excluding hydrogens is 342 g/mol. The summed E-state index contributed by atoms with van der Waals surface area (Å²) in [6.45, 7) is 0. The van der Waals surface area contributed by atoms with Crippen LogP contribution in [0.4, 0.5) is 0 Å². The molecule has 2 aromatic carbocycles. The Labute approximate surface area is 143 Å². The second kappa shape index (κ2) is 5.89. The van der Waals surface area contributed by atoms with Crippen molar-refractivity contribution in [3.8, 4) is 11.3 Å². The fourth-order valence-corrected chi connectivity index (χ4v) is 5.17. The van der Waals surface area contributed by atoms with Crippen LogP contribution in [0.15, 0.2) is 75.7 Å². The number of thiazole rings is 1. The van der Waals surface area contributed by atoms with Gasteiger partial charge in [-0.05, 0) is 35.9 Å². The smallest absolute Gasteiger partial charge is 0.210 e. The second-order valence-electron chi connectivity index (χ2n) is 5.38. The van der Waals surface area contributed by atoms with E-state index in [1.807, 2.05) is 48.5 Å². The molecule has 0 spiro atoms. The summed E-state index contributed by atoms with van der Waals surface area (Å²) < 4.78 is 31.6. The van der Waals surface area contributed by atoms with Crippen LogP contribution in [0.5, 0.6) is 0 Å². The van der Waals surface area contributed by atoms with Crippen LogP contribution in [0.3, 0.4) is 0 Å². The van der Waals surface area contributed by atoms with E-state index in [2.05, 4.69) is 4.98 Å². The van der Waals surface area contributed by atoms with E-state index in [4.69, 9.17) is 4.42 Å². The largest absolute Gasteiger partial charge is 0.464 e. The first-order valence-electron chi connectivity index (χ1n) is 7.33. The van der Waals surface area contributed by atoms with Gasteiger partial charge in [-0.1, -0.05) is 30.3 Å². The molecule has 0 saturated carbocycles. The maximum absolute atomic E-state index is 12.6. The quantitative estimate of drug-likeness (QED) is 0.539. The van der Waals surface area contributed by atoms with Crippen LogP contribution in [-0.2, 0) is 15.6 Å². The van der Waals surface area contributed by atoms with Crippen LogP contribution < -0.4 is 0 Å². The molecule has 0 unspecified atom stereocenters. The van der Waals surface area contributed by atoms with E-state index in [0.717, 1.165) is 21.6 Å². The molecule has 4 rings (SSSR count). The van der Waals surface area contributed by atoms with Crippen molar-refractivity contribution in [2.75, 3.05) is 0 Å². The van der Waals surface area contributed by atoms with Crippen molar-refractivity contribution in [3.63, 3.8) is 0 Å². The molecule has 0 N–H and O–H groups in total. The average molecular weight is 355 g/mol. The van der Waals surface area contributed by atoms with Crippen LogP contribution in [0.1, 0.15) is 5.56 Å². The molecule has 6 heteroatoms. The maximum Gasteiger partial charge on any atom is 0.210 e. The maximum atomic E-state index is 12.6. The van der Waals surface area contributed by atoms with Gasteiger partial charge in [0.1, 0.15) is 5.76 Å². The number of sulfone groups is 1. The van der Waals surface area contributed by atoms with Crippen LogP contribution in [0, 0.1) is 0 Å². The van der Waals surface area contributed by atoms with E-state index < -0.39 is 9.84 Å². The van der Waals surface area contributed by atoms with Crippen LogP contribution >= 0.6 is 11.3 Å². The summed E-state index contributed by atoms with van der Waals surface area (Å²) in [5, 5.41) is 0. The summed E-state index contributed by atoms with van der Waals surface area (Å²) in [6, 6.07) is 18.5. The molecule has 0 atom stereocenters. The molecule has 0 aliphatic heterocycles. The number of fused-ring (bicyclic) bond motifs is 1. The topological polar surface area (TPSA) is 60.2 Å². The minimum atomic E-state index is -3.46. The lowest BCUT2D eigenvalue weighted by Gasteiger charge is -2.00. The van der Waals surface area contributed by atoms with Crippen molar-refractivity contribution in [2.45, 2.75) is 10.1 Å². The molecule has 0 saturated heterocycles. The van der Waals surface area contributed by atoms with E-state index in [9.17, 15) is 8.42 Å². The van der Waals surface area contributed by atoms with Crippen molar-refractivity contribution in [3.05, 3.63) is 72.5 Å². The molecule has 24 heavy (non-hydrogen) atoms. The highest BCUT2D eigenvalue weighted by Gasteiger charge is 2.20. The third-order valence-corrected chi connectivity index (χ3v) is 6.80. The van der Waals surface area contributed by atoms with E-state index in [-0.39, 0.29) is 10.1 Å². The Balaban J connectivity index is 1.72. The number of aromatic nitrogens is 1.